The second-order valence-electron chi connectivity index (χ2n) is 9.43. The van der Waals surface area contributed by atoms with E-state index in [1.54, 1.807) is 23.0 Å². The molecule has 0 saturated heterocycles. The molecule has 3 heterocycles. The van der Waals surface area contributed by atoms with Crippen LogP contribution in [0.4, 0.5) is 19.0 Å². The number of hydrogen-bond acceptors (Lipinski definition) is 5. The summed E-state index contributed by atoms with van der Waals surface area (Å²) in [5.74, 6) is 1.83. The Labute approximate surface area is 218 Å². The van der Waals surface area contributed by atoms with Crippen LogP contribution in [0.1, 0.15) is 49.9 Å². The minimum absolute atomic E-state index is 0.305. The fraction of sp³-hybridized carbons (Fsp3) is 0.286. The third-order valence-corrected chi connectivity index (χ3v) is 6.31. The van der Waals surface area contributed by atoms with Crippen molar-refractivity contribution in [1.29, 1.82) is 0 Å². The molecule has 0 bridgehead atoms. The second-order valence-corrected chi connectivity index (χ2v) is 9.43. The molecular formula is C28H28F3N7. The van der Waals surface area contributed by atoms with Crippen LogP contribution >= 0.6 is 0 Å². The van der Waals surface area contributed by atoms with Crippen molar-refractivity contribution >= 4 is 17.0 Å². The van der Waals surface area contributed by atoms with Gasteiger partial charge in [-0.3, -0.25) is 0 Å². The molecule has 3 aromatic heterocycles. The van der Waals surface area contributed by atoms with E-state index >= 15 is 0 Å². The van der Waals surface area contributed by atoms with E-state index < -0.39 is 11.9 Å². The molecule has 0 fully saturated rings. The van der Waals surface area contributed by atoms with E-state index in [0.717, 1.165) is 22.9 Å². The summed E-state index contributed by atoms with van der Waals surface area (Å²) >= 11 is 0. The molecule has 5 aromatic rings. The van der Waals surface area contributed by atoms with Gasteiger partial charge in [-0.25, -0.2) is 19.9 Å². The number of anilines is 1. The fourth-order valence-corrected chi connectivity index (χ4v) is 4.44. The monoisotopic (exact) mass is 519 g/mol. The van der Waals surface area contributed by atoms with Gasteiger partial charge in [-0.05, 0) is 23.5 Å². The molecule has 0 atom stereocenters. The lowest BCUT2D eigenvalue weighted by atomic mass is 9.97. The zero-order chi connectivity index (χ0) is 26.9. The quantitative estimate of drug-likeness (QED) is 0.230. The van der Waals surface area contributed by atoms with Crippen molar-refractivity contribution < 1.29 is 13.2 Å². The third-order valence-electron chi connectivity index (χ3n) is 6.31. The largest absolute Gasteiger partial charge is 0.434 e. The third kappa shape index (κ3) is 5.11. The van der Waals surface area contributed by atoms with E-state index in [4.69, 9.17) is 4.98 Å². The smallest absolute Gasteiger partial charge is 0.364 e. The molecule has 2 N–H and O–H groups in total. The van der Waals surface area contributed by atoms with E-state index in [-0.39, 0.29) is 0 Å². The summed E-state index contributed by atoms with van der Waals surface area (Å²) in [6.45, 7) is 7.09. The van der Waals surface area contributed by atoms with Crippen molar-refractivity contribution in [1.82, 2.24) is 29.5 Å². The molecule has 0 unspecified atom stereocenters. The Morgan fingerprint density at radius 1 is 1.00 bits per heavy atom. The van der Waals surface area contributed by atoms with E-state index in [1.807, 2.05) is 37.3 Å². The average molecular weight is 520 g/mol. The lowest BCUT2D eigenvalue weighted by molar-refractivity contribution is -0.140. The number of aromatic nitrogens is 6. The standard InChI is InChI=1S/C28H28F3N7/c1-4-13-38-15-22(28(29,30)31)35-27(38)19-11-9-18(10-12-19)14-32-25-23-26(34-16-33-23)37-24(36-25)21-8-6-5-7-20(21)17(2)3/h5-12,15-17H,4,13-14H2,1-3H3,(H2,32,33,34,36,37). The number of hydrogen-bond donors (Lipinski definition) is 2. The van der Waals surface area contributed by atoms with Crippen LogP contribution < -0.4 is 5.32 Å². The maximum atomic E-state index is 13.2. The summed E-state index contributed by atoms with van der Waals surface area (Å²) in [4.78, 5) is 20.8. The minimum Gasteiger partial charge on any atom is -0.364 e. The highest BCUT2D eigenvalue weighted by Gasteiger charge is 2.34. The van der Waals surface area contributed by atoms with Crippen LogP contribution in [-0.2, 0) is 19.3 Å². The van der Waals surface area contributed by atoms with Crippen molar-refractivity contribution in [3.63, 3.8) is 0 Å². The number of rotatable bonds is 8. The van der Waals surface area contributed by atoms with Gasteiger partial charge in [0.1, 0.15) is 11.3 Å². The SMILES string of the molecule is CCCn1cc(C(F)(F)F)nc1-c1ccc(CNc2nc(-c3ccccc3C(C)C)nc3nc[nH]c23)cc1. The molecule has 0 spiro atoms. The Morgan fingerprint density at radius 3 is 2.47 bits per heavy atom. The highest BCUT2D eigenvalue weighted by Crippen LogP contribution is 2.32. The van der Waals surface area contributed by atoms with Crippen LogP contribution in [0, 0.1) is 0 Å². The topological polar surface area (TPSA) is 84.3 Å². The number of H-pyrrole nitrogens is 1. The molecule has 2 aromatic carbocycles. The second kappa shape index (κ2) is 10.3. The number of aromatic amines is 1. The number of imidazole rings is 2. The fourth-order valence-electron chi connectivity index (χ4n) is 4.44. The number of fused-ring (bicyclic) bond motifs is 1. The zero-order valence-electron chi connectivity index (χ0n) is 21.3. The predicted molar refractivity (Wildman–Crippen MR) is 141 cm³/mol. The zero-order valence-corrected chi connectivity index (χ0v) is 21.3. The number of nitrogens with one attached hydrogen (secondary N) is 2. The van der Waals surface area contributed by atoms with Gasteiger partial charge in [-0.15, -0.1) is 0 Å². The molecule has 0 saturated carbocycles. The number of benzene rings is 2. The maximum Gasteiger partial charge on any atom is 0.434 e. The van der Waals surface area contributed by atoms with Crippen molar-refractivity contribution in [3.05, 3.63) is 77.9 Å². The van der Waals surface area contributed by atoms with Crippen LogP contribution in [0.3, 0.4) is 0 Å². The van der Waals surface area contributed by atoms with Crippen LogP contribution in [0.25, 0.3) is 33.9 Å². The Hall–Kier alpha value is -4.21. The van der Waals surface area contributed by atoms with E-state index in [2.05, 4.69) is 45.2 Å². The molecule has 0 aliphatic rings. The predicted octanol–water partition coefficient (Wildman–Crippen LogP) is 7.05. The number of nitrogens with zero attached hydrogens (tertiary/aromatic N) is 5. The van der Waals surface area contributed by atoms with Gasteiger partial charge >= 0.3 is 6.18 Å². The Balaban J connectivity index is 1.40. The molecule has 196 valence electrons. The molecule has 10 heteroatoms. The molecule has 0 aliphatic heterocycles. The minimum atomic E-state index is -4.48. The summed E-state index contributed by atoms with van der Waals surface area (Å²) < 4.78 is 41.3. The van der Waals surface area contributed by atoms with E-state index in [9.17, 15) is 13.2 Å². The first-order chi connectivity index (χ1) is 18.2. The van der Waals surface area contributed by atoms with Gasteiger partial charge < -0.3 is 14.9 Å². The molecule has 0 amide bonds. The van der Waals surface area contributed by atoms with Gasteiger partial charge in [-0.2, -0.15) is 13.2 Å². The van der Waals surface area contributed by atoms with Crippen LogP contribution in [-0.4, -0.2) is 29.5 Å². The van der Waals surface area contributed by atoms with Crippen LogP contribution in [0.15, 0.2) is 61.1 Å². The summed E-state index contributed by atoms with van der Waals surface area (Å²) in [5, 5.41) is 3.37. The summed E-state index contributed by atoms with van der Waals surface area (Å²) in [5.41, 5.74) is 4.06. The van der Waals surface area contributed by atoms with Gasteiger partial charge in [0, 0.05) is 30.4 Å². The molecule has 0 aliphatic carbocycles. The Morgan fingerprint density at radius 2 is 1.76 bits per heavy atom. The normalized spacial score (nSPS) is 12.0. The van der Waals surface area contributed by atoms with Gasteiger partial charge in [0.15, 0.2) is 23.0 Å². The highest BCUT2D eigenvalue weighted by molar-refractivity contribution is 5.85. The molecular weight excluding hydrogens is 491 g/mol. The first-order valence-corrected chi connectivity index (χ1v) is 12.5. The lowest BCUT2D eigenvalue weighted by Gasteiger charge is -2.13. The van der Waals surface area contributed by atoms with Crippen molar-refractivity contribution in [2.45, 2.75) is 52.4 Å². The first kappa shape index (κ1) is 25.4. The summed E-state index contributed by atoms with van der Waals surface area (Å²) in [6.07, 6.45) is -1.12. The van der Waals surface area contributed by atoms with Crippen molar-refractivity contribution in [2.75, 3.05) is 5.32 Å². The van der Waals surface area contributed by atoms with E-state index in [0.29, 0.717) is 59.6 Å². The van der Waals surface area contributed by atoms with E-state index in [1.165, 1.54) is 0 Å². The number of aryl methyl sites for hydroxylation is 1. The number of alkyl halides is 3. The molecule has 38 heavy (non-hydrogen) atoms. The Bertz CT molecular complexity index is 1550. The maximum absolute atomic E-state index is 13.2. The molecule has 0 radical (unpaired) electrons. The van der Waals surface area contributed by atoms with Gasteiger partial charge in [0.2, 0.25) is 0 Å². The van der Waals surface area contributed by atoms with Crippen LogP contribution in [0.2, 0.25) is 0 Å². The molecule has 7 nitrogen and oxygen atoms in total. The summed E-state index contributed by atoms with van der Waals surface area (Å²) in [6, 6.07) is 15.4. The average Bonchev–Trinajstić information content (AvgIpc) is 3.55. The lowest BCUT2D eigenvalue weighted by Crippen LogP contribution is -2.05. The van der Waals surface area contributed by atoms with Gasteiger partial charge in [0.05, 0.1) is 6.33 Å². The number of halogens is 3. The van der Waals surface area contributed by atoms with Crippen LogP contribution in [0.5, 0.6) is 0 Å². The Kier molecular flexibility index (Phi) is 6.88. The molecule has 5 rings (SSSR count). The van der Waals surface area contributed by atoms with Gasteiger partial charge in [0.25, 0.3) is 0 Å². The van der Waals surface area contributed by atoms with Crippen molar-refractivity contribution in [2.24, 2.45) is 0 Å². The highest BCUT2D eigenvalue weighted by atomic mass is 19.4. The van der Waals surface area contributed by atoms with Crippen molar-refractivity contribution in [3.8, 4) is 22.8 Å². The van der Waals surface area contributed by atoms with Gasteiger partial charge in [-0.1, -0.05) is 69.3 Å². The summed E-state index contributed by atoms with van der Waals surface area (Å²) in [7, 11) is 0. The first-order valence-electron chi connectivity index (χ1n) is 12.5.